The van der Waals surface area contributed by atoms with Gasteiger partial charge >= 0.3 is 0 Å². The van der Waals surface area contributed by atoms with E-state index < -0.39 is 0 Å². The van der Waals surface area contributed by atoms with Gasteiger partial charge in [-0.25, -0.2) is 4.68 Å². The molecule has 6 nitrogen and oxygen atoms in total. The Balaban J connectivity index is 1.68. The van der Waals surface area contributed by atoms with Gasteiger partial charge in [-0.2, -0.15) is 10.4 Å². The highest BCUT2D eigenvalue weighted by atomic mass is 16.1. The van der Waals surface area contributed by atoms with Gasteiger partial charge in [0, 0.05) is 25.6 Å². The molecule has 0 unspecified atom stereocenters. The first-order chi connectivity index (χ1) is 12.5. The summed E-state index contributed by atoms with van der Waals surface area (Å²) in [5.74, 6) is 1.38. The number of benzene rings is 1. The SMILES string of the molecule is CC1CCN(c2ccc(=O)n(CC(=O)Cc3ccc(C#N)cc3)n2)CC1. The van der Waals surface area contributed by atoms with Gasteiger partial charge in [-0.15, -0.1) is 0 Å². The highest BCUT2D eigenvalue weighted by Crippen LogP contribution is 2.20. The third kappa shape index (κ3) is 4.37. The number of hydrogen-bond acceptors (Lipinski definition) is 5. The molecular weight excluding hydrogens is 328 g/mol. The van der Waals surface area contributed by atoms with Crippen molar-refractivity contribution in [2.45, 2.75) is 32.7 Å². The first kappa shape index (κ1) is 17.9. The summed E-state index contributed by atoms with van der Waals surface area (Å²) in [5.41, 5.74) is 1.11. The van der Waals surface area contributed by atoms with E-state index in [9.17, 15) is 9.59 Å². The molecule has 1 aliphatic rings. The Morgan fingerprint density at radius 1 is 1.19 bits per heavy atom. The van der Waals surface area contributed by atoms with E-state index in [2.05, 4.69) is 16.9 Å². The highest BCUT2D eigenvalue weighted by Gasteiger charge is 2.18. The largest absolute Gasteiger partial charge is 0.355 e. The predicted molar refractivity (Wildman–Crippen MR) is 99.0 cm³/mol. The van der Waals surface area contributed by atoms with E-state index in [0.717, 1.165) is 37.3 Å². The molecule has 0 saturated carbocycles. The van der Waals surface area contributed by atoms with Gasteiger partial charge in [0.25, 0.3) is 5.56 Å². The van der Waals surface area contributed by atoms with Gasteiger partial charge in [-0.3, -0.25) is 9.59 Å². The zero-order chi connectivity index (χ0) is 18.5. The maximum absolute atomic E-state index is 12.3. The van der Waals surface area contributed by atoms with Crippen molar-refractivity contribution in [3.8, 4) is 6.07 Å². The number of nitrogens with zero attached hydrogens (tertiary/aromatic N) is 4. The smallest absolute Gasteiger partial charge is 0.267 e. The molecule has 3 rings (SSSR count). The number of Topliss-reactive ketones (excluding diaryl/α,β-unsaturated/α-hetero) is 1. The zero-order valence-electron chi connectivity index (χ0n) is 14.9. The van der Waals surface area contributed by atoms with Gasteiger partial charge in [0.2, 0.25) is 0 Å². The summed E-state index contributed by atoms with van der Waals surface area (Å²) in [7, 11) is 0. The lowest BCUT2D eigenvalue weighted by atomic mass is 9.99. The van der Waals surface area contributed by atoms with Crippen molar-refractivity contribution in [2.24, 2.45) is 5.92 Å². The molecule has 1 aromatic carbocycles. The van der Waals surface area contributed by atoms with Crippen molar-refractivity contribution in [2.75, 3.05) is 18.0 Å². The van der Waals surface area contributed by atoms with Crippen molar-refractivity contribution in [3.05, 3.63) is 57.9 Å². The van der Waals surface area contributed by atoms with Gasteiger partial charge in [0.05, 0.1) is 11.6 Å². The average molecular weight is 350 g/mol. The van der Waals surface area contributed by atoms with Crippen LogP contribution in [0, 0.1) is 17.2 Å². The zero-order valence-corrected chi connectivity index (χ0v) is 14.9. The summed E-state index contributed by atoms with van der Waals surface area (Å²) >= 11 is 0. The van der Waals surface area contributed by atoms with Gasteiger partial charge in [0.1, 0.15) is 12.4 Å². The Bertz CT molecular complexity index is 872. The van der Waals surface area contributed by atoms with Crippen LogP contribution in [-0.2, 0) is 17.8 Å². The molecule has 1 aromatic heterocycles. The van der Waals surface area contributed by atoms with Crippen LogP contribution in [0.4, 0.5) is 5.82 Å². The lowest BCUT2D eigenvalue weighted by Gasteiger charge is -2.31. The predicted octanol–water partition coefficient (Wildman–Crippen LogP) is 2.16. The van der Waals surface area contributed by atoms with Crippen molar-refractivity contribution >= 4 is 11.6 Å². The molecule has 6 heteroatoms. The molecule has 0 spiro atoms. The molecule has 0 bridgehead atoms. The van der Waals surface area contributed by atoms with Crippen molar-refractivity contribution in [1.29, 1.82) is 5.26 Å². The number of aromatic nitrogens is 2. The second-order valence-corrected chi connectivity index (χ2v) is 6.88. The van der Waals surface area contributed by atoms with Gasteiger partial charge < -0.3 is 4.90 Å². The summed E-state index contributed by atoms with van der Waals surface area (Å²) in [5, 5.41) is 13.2. The van der Waals surface area contributed by atoms with Crippen LogP contribution in [-0.4, -0.2) is 28.7 Å². The first-order valence-corrected chi connectivity index (χ1v) is 8.89. The Hall–Kier alpha value is -2.94. The van der Waals surface area contributed by atoms with Crippen LogP contribution in [0.25, 0.3) is 0 Å². The Labute approximate surface area is 152 Å². The number of ketones is 1. The number of anilines is 1. The van der Waals surface area contributed by atoms with E-state index in [-0.39, 0.29) is 24.3 Å². The summed E-state index contributed by atoms with van der Waals surface area (Å²) in [4.78, 5) is 26.6. The minimum Gasteiger partial charge on any atom is -0.355 e. The second kappa shape index (κ2) is 7.96. The lowest BCUT2D eigenvalue weighted by molar-refractivity contribution is -0.119. The van der Waals surface area contributed by atoms with E-state index in [1.54, 1.807) is 30.3 Å². The van der Waals surface area contributed by atoms with Gasteiger partial charge in [-0.1, -0.05) is 19.1 Å². The third-order valence-corrected chi connectivity index (χ3v) is 4.77. The number of nitriles is 1. The molecule has 0 atom stereocenters. The van der Waals surface area contributed by atoms with E-state index in [4.69, 9.17) is 5.26 Å². The number of hydrogen-bond donors (Lipinski definition) is 0. The molecule has 0 N–H and O–H groups in total. The van der Waals surface area contributed by atoms with Crippen LogP contribution >= 0.6 is 0 Å². The van der Waals surface area contributed by atoms with Crippen LogP contribution in [0.1, 0.15) is 30.9 Å². The van der Waals surface area contributed by atoms with Crippen molar-refractivity contribution in [1.82, 2.24) is 9.78 Å². The Morgan fingerprint density at radius 2 is 1.88 bits per heavy atom. The summed E-state index contributed by atoms with van der Waals surface area (Å²) in [6.07, 6.45) is 2.43. The fourth-order valence-corrected chi connectivity index (χ4v) is 3.11. The van der Waals surface area contributed by atoms with Crippen LogP contribution in [0.3, 0.4) is 0 Å². The standard InChI is InChI=1S/C20H22N4O2/c1-15-8-10-23(11-9-15)19-6-7-20(26)24(22-19)14-18(25)12-16-2-4-17(13-21)5-3-16/h2-7,15H,8-12,14H2,1H3. The molecule has 134 valence electrons. The normalized spacial score (nSPS) is 14.8. The summed E-state index contributed by atoms with van der Waals surface area (Å²) in [6.45, 7) is 4.04. The molecule has 1 fully saturated rings. The number of rotatable bonds is 5. The van der Waals surface area contributed by atoms with E-state index >= 15 is 0 Å². The fourth-order valence-electron chi connectivity index (χ4n) is 3.11. The second-order valence-electron chi connectivity index (χ2n) is 6.88. The molecule has 0 radical (unpaired) electrons. The monoisotopic (exact) mass is 350 g/mol. The van der Waals surface area contributed by atoms with Crippen molar-refractivity contribution < 1.29 is 4.79 Å². The minimum atomic E-state index is -0.271. The number of carbonyl (C=O) groups excluding carboxylic acids is 1. The van der Waals surface area contributed by atoms with Crippen LogP contribution in [0.5, 0.6) is 0 Å². The molecular formula is C20H22N4O2. The third-order valence-electron chi connectivity index (χ3n) is 4.77. The molecule has 2 aromatic rings. The van der Waals surface area contributed by atoms with Gasteiger partial charge in [-0.05, 0) is 42.5 Å². The summed E-state index contributed by atoms with van der Waals surface area (Å²) < 4.78 is 1.25. The molecule has 0 amide bonds. The molecule has 0 aliphatic carbocycles. The number of carbonyl (C=O) groups is 1. The quantitative estimate of drug-likeness (QED) is 0.826. The van der Waals surface area contributed by atoms with E-state index in [1.807, 2.05) is 6.07 Å². The highest BCUT2D eigenvalue weighted by molar-refractivity contribution is 5.80. The van der Waals surface area contributed by atoms with Crippen LogP contribution < -0.4 is 10.5 Å². The molecule has 2 heterocycles. The minimum absolute atomic E-state index is 0.0447. The maximum atomic E-state index is 12.3. The summed E-state index contributed by atoms with van der Waals surface area (Å²) in [6, 6.07) is 12.2. The van der Waals surface area contributed by atoms with Crippen LogP contribution in [0.2, 0.25) is 0 Å². The molecule has 26 heavy (non-hydrogen) atoms. The van der Waals surface area contributed by atoms with Crippen LogP contribution in [0.15, 0.2) is 41.2 Å². The maximum Gasteiger partial charge on any atom is 0.267 e. The molecule has 1 saturated heterocycles. The average Bonchev–Trinajstić information content (AvgIpc) is 2.65. The topological polar surface area (TPSA) is 79.0 Å². The Morgan fingerprint density at radius 3 is 2.54 bits per heavy atom. The molecule has 1 aliphatic heterocycles. The Kier molecular flexibility index (Phi) is 5.47. The first-order valence-electron chi connectivity index (χ1n) is 8.89. The fraction of sp³-hybridized carbons (Fsp3) is 0.400. The lowest BCUT2D eigenvalue weighted by Crippen LogP contribution is -2.36. The van der Waals surface area contributed by atoms with Gasteiger partial charge in [0.15, 0.2) is 5.78 Å². The van der Waals surface area contributed by atoms with Crippen molar-refractivity contribution in [3.63, 3.8) is 0 Å². The van der Waals surface area contributed by atoms with E-state index in [1.165, 1.54) is 10.7 Å². The number of piperidine rings is 1. The van der Waals surface area contributed by atoms with E-state index in [0.29, 0.717) is 11.5 Å².